The molecule has 1 atom stereocenters. The monoisotopic (exact) mass is 436 g/mol. The zero-order valence-electron chi connectivity index (χ0n) is 16.7. The minimum Gasteiger partial charge on any atom is -0.495 e. The molecule has 1 unspecified atom stereocenters. The lowest BCUT2D eigenvalue weighted by atomic mass is 9.98. The number of benzene rings is 2. The molecule has 156 valence electrons. The normalized spacial score (nSPS) is 17.7. The highest BCUT2D eigenvalue weighted by molar-refractivity contribution is 7.89. The molecule has 6 nitrogen and oxygen atoms in total. The third-order valence-electron chi connectivity index (χ3n) is 5.13. The highest BCUT2D eigenvalue weighted by Crippen LogP contribution is 2.31. The van der Waals surface area contributed by atoms with Gasteiger partial charge >= 0.3 is 0 Å². The molecule has 1 heterocycles. The molecule has 1 aliphatic heterocycles. The Bertz CT molecular complexity index is 1020. The van der Waals surface area contributed by atoms with Crippen molar-refractivity contribution in [2.24, 2.45) is 5.92 Å². The molecule has 0 radical (unpaired) electrons. The zero-order valence-corrected chi connectivity index (χ0v) is 18.3. The molecule has 0 spiro atoms. The predicted octanol–water partition coefficient (Wildman–Crippen LogP) is 4.00. The number of halogens is 1. The molecule has 3 rings (SSSR count). The van der Waals surface area contributed by atoms with E-state index < -0.39 is 15.9 Å². The van der Waals surface area contributed by atoms with E-state index in [1.54, 1.807) is 30.3 Å². The molecule has 0 bridgehead atoms. The van der Waals surface area contributed by atoms with E-state index in [0.29, 0.717) is 35.8 Å². The summed E-state index contributed by atoms with van der Waals surface area (Å²) >= 11 is 6.12. The Balaban J connectivity index is 1.78. The smallest absolute Gasteiger partial charge is 0.246 e. The molecule has 0 aromatic heterocycles. The lowest BCUT2D eigenvalue weighted by Gasteiger charge is -2.31. The summed E-state index contributed by atoms with van der Waals surface area (Å²) in [6.45, 7) is 4.22. The maximum atomic E-state index is 13.2. The number of aryl methyl sites for hydroxylation is 2. The van der Waals surface area contributed by atoms with E-state index in [9.17, 15) is 13.2 Å². The van der Waals surface area contributed by atoms with Crippen LogP contribution < -0.4 is 10.1 Å². The van der Waals surface area contributed by atoms with Crippen molar-refractivity contribution in [1.82, 2.24) is 4.31 Å². The fourth-order valence-corrected chi connectivity index (χ4v) is 5.36. The predicted molar refractivity (Wildman–Crippen MR) is 114 cm³/mol. The van der Waals surface area contributed by atoms with Crippen molar-refractivity contribution in [2.45, 2.75) is 31.6 Å². The van der Waals surface area contributed by atoms with Crippen LogP contribution in [0.15, 0.2) is 41.3 Å². The second-order valence-electron chi connectivity index (χ2n) is 7.31. The van der Waals surface area contributed by atoms with Crippen molar-refractivity contribution in [3.8, 4) is 5.75 Å². The van der Waals surface area contributed by atoms with Gasteiger partial charge in [0.25, 0.3) is 0 Å². The number of rotatable bonds is 5. The molecule has 8 heteroatoms. The van der Waals surface area contributed by atoms with Gasteiger partial charge in [0.15, 0.2) is 0 Å². The highest BCUT2D eigenvalue weighted by atomic mass is 35.5. The van der Waals surface area contributed by atoms with Gasteiger partial charge in [-0.15, -0.1) is 0 Å². The molecule has 1 saturated heterocycles. The van der Waals surface area contributed by atoms with Crippen LogP contribution in [0.3, 0.4) is 0 Å². The van der Waals surface area contributed by atoms with Crippen molar-refractivity contribution in [2.75, 3.05) is 25.5 Å². The summed E-state index contributed by atoms with van der Waals surface area (Å²) in [6.07, 6.45) is 1.24. The summed E-state index contributed by atoms with van der Waals surface area (Å²) in [5, 5.41) is 3.43. The molecule has 0 saturated carbocycles. The summed E-state index contributed by atoms with van der Waals surface area (Å²) in [7, 11) is -2.32. The van der Waals surface area contributed by atoms with Gasteiger partial charge in [0.2, 0.25) is 15.9 Å². The van der Waals surface area contributed by atoms with Crippen molar-refractivity contribution in [3.05, 3.63) is 52.5 Å². The van der Waals surface area contributed by atoms with E-state index in [4.69, 9.17) is 16.3 Å². The van der Waals surface area contributed by atoms with Gasteiger partial charge in [-0.3, -0.25) is 4.79 Å². The average Bonchev–Trinajstić information content (AvgIpc) is 2.70. The van der Waals surface area contributed by atoms with E-state index in [1.165, 1.54) is 11.4 Å². The number of piperidine rings is 1. The zero-order chi connectivity index (χ0) is 21.2. The SMILES string of the molecule is COc1ccc(C)cc1S(=O)(=O)N1CCCC(C(=O)Nc2ccc(C)c(Cl)c2)C1. The second-order valence-corrected chi connectivity index (χ2v) is 9.62. The third kappa shape index (κ3) is 4.74. The molecular formula is C21H25ClN2O4S. The number of anilines is 1. The molecule has 1 N–H and O–H groups in total. The average molecular weight is 437 g/mol. The Morgan fingerprint density at radius 3 is 2.66 bits per heavy atom. The largest absolute Gasteiger partial charge is 0.495 e. The molecular weight excluding hydrogens is 412 g/mol. The van der Waals surface area contributed by atoms with Gasteiger partial charge in [0.1, 0.15) is 10.6 Å². The van der Waals surface area contributed by atoms with E-state index in [1.807, 2.05) is 19.9 Å². The standard InChI is InChI=1S/C21H25ClN2O4S/c1-14-6-9-19(28-3)20(11-14)29(26,27)24-10-4-5-16(13-24)21(25)23-17-8-7-15(2)18(22)12-17/h6-9,11-12,16H,4-5,10,13H2,1-3H3,(H,23,25). The molecule has 29 heavy (non-hydrogen) atoms. The van der Waals surface area contributed by atoms with Gasteiger partial charge in [-0.1, -0.05) is 23.7 Å². The molecule has 2 aromatic carbocycles. The summed E-state index contributed by atoms with van der Waals surface area (Å²) in [4.78, 5) is 12.9. The first kappa shape index (κ1) is 21.6. The molecule has 2 aromatic rings. The minimum atomic E-state index is -3.77. The van der Waals surface area contributed by atoms with E-state index >= 15 is 0 Å². The number of carbonyl (C=O) groups is 1. The molecule has 1 fully saturated rings. The van der Waals surface area contributed by atoms with Crippen LogP contribution in [0.2, 0.25) is 5.02 Å². The number of sulfonamides is 1. The topological polar surface area (TPSA) is 75.7 Å². The van der Waals surface area contributed by atoms with Crippen LogP contribution in [0.1, 0.15) is 24.0 Å². The second kappa shape index (κ2) is 8.73. The number of carbonyl (C=O) groups excluding carboxylic acids is 1. The van der Waals surface area contributed by atoms with Crippen LogP contribution in [-0.4, -0.2) is 38.8 Å². The van der Waals surface area contributed by atoms with Crippen molar-refractivity contribution in [3.63, 3.8) is 0 Å². The number of nitrogens with zero attached hydrogens (tertiary/aromatic N) is 1. The maximum Gasteiger partial charge on any atom is 0.246 e. The van der Waals surface area contributed by atoms with Gasteiger partial charge in [-0.2, -0.15) is 4.31 Å². The number of nitrogens with one attached hydrogen (secondary N) is 1. The number of hydrogen-bond acceptors (Lipinski definition) is 4. The Kier molecular flexibility index (Phi) is 6.51. The van der Waals surface area contributed by atoms with Crippen LogP contribution in [-0.2, 0) is 14.8 Å². The first-order chi connectivity index (χ1) is 13.7. The Morgan fingerprint density at radius 1 is 1.21 bits per heavy atom. The Labute approximate surface area is 176 Å². The Morgan fingerprint density at radius 2 is 1.97 bits per heavy atom. The first-order valence-electron chi connectivity index (χ1n) is 9.44. The maximum absolute atomic E-state index is 13.2. The number of ether oxygens (including phenoxy) is 1. The van der Waals surface area contributed by atoms with Gasteiger partial charge in [-0.25, -0.2) is 8.42 Å². The summed E-state index contributed by atoms with van der Waals surface area (Å²) in [6, 6.07) is 10.4. The first-order valence-corrected chi connectivity index (χ1v) is 11.3. The van der Waals surface area contributed by atoms with Gasteiger partial charge in [0.05, 0.1) is 13.0 Å². The summed E-state index contributed by atoms with van der Waals surface area (Å²) in [5.41, 5.74) is 2.35. The van der Waals surface area contributed by atoms with Gasteiger partial charge in [0, 0.05) is 23.8 Å². The molecule has 0 aliphatic carbocycles. The lowest BCUT2D eigenvalue weighted by Crippen LogP contribution is -2.43. The van der Waals surface area contributed by atoms with Gasteiger partial charge < -0.3 is 10.1 Å². The van der Waals surface area contributed by atoms with Gasteiger partial charge in [-0.05, 0) is 62.1 Å². The highest BCUT2D eigenvalue weighted by Gasteiger charge is 2.35. The number of amides is 1. The van der Waals surface area contributed by atoms with Crippen LogP contribution in [0.25, 0.3) is 0 Å². The fourth-order valence-electron chi connectivity index (χ4n) is 3.41. The molecule has 1 amide bonds. The minimum absolute atomic E-state index is 0.130. The number of methoxy groups -OCH3 is 1. The van der Waals surface area contributed by atoms with Crippen molar-refractivity contribution in [1.29, 1.82) is 0 Å². The third-order valence-corrected chi connectivity index (χ3v) is 7.42. The van der Waals surface area contributed by atoms with Crippen LogP contribution in [0.5, 0.6) is 5.75 Å². The van der Waals surface area contributed by atoms with Crippen LogP contribution >= 0.6 is 11.6 Å². The molecule has 1 aliphatic rings. The summed E-state index contributed by atoms with van der Waals surface area (Å²) in [5.74, 6) is -0.341. The number of hydrogen-bond donors (Lipinski definition) is 1. The van der Waals surface area contributed by atoms with E-state index in [-0.39, 0.29) is 17.3 Å². The quantitative estimate of drug-likeness (QED) is 0.768. The van der Waals surface area contributed by atoms with E-state index in [2.05, 4.69) is 5.32 Å². The Hall–Kier alpha value is -2.09. The van der Waals surface area contributed by atoms with Crippen LogP contribution in [0.4, 0.5) is 5.69 Å². The van der Waals surface area contributed by atoms with Crippen molar-refractivity contribution < 1.29 is 17.9 Å². The lowest BCUT2D eigenvalue weighted by molar-refractivity contribution is -0.120. The van der Waals surface area contributed by atoms with Crippen molar-refractivity contribution >= 4 is 33.2 Å². The van der Waals surface area contributed by atoms with Crippen LogP contribution in [0, 0.1) is 19.8 Å². The van der Waals surface area contributed by atoms with E-state index in [0.717, 1.165) is 11.1 Å². The fraction of sp³-hybridized carbons (Fsp3) is 0.381. The summed E-state index contributed by atoms with van der Waals surface area (Å²) < 4.78 is 33.1.